The summed E-state index contributed by atoms with van der Waals surface area (Å²) in [6.07, 6.45) is 2.01. The van der Waals surface area contributed by atoms with Crippen LogP contribution in [-0.4, -0.2) is 57.3 Å². The van der Waals surface area contributed by atoms with Gasteiger partial charge in [0.15, 0.2) is 0 Å². The van der Waals surface area contributed by atoms with Crippen molar-refractivity contribution >= 4 is 11.9 Å². The van der Waals surface area contributed by atoms with E-state index < -0.39 is 49.0 Å². The van der Waals surface area contributed by atoms with E-state index in [0.717, 1.165) is 0 Å². The van der Waals surface area contributed by atoms with Gasteiger partial charge in [0, 0.05) is 11.8 Å². The quantitative estimate of drug-likeness (QED) is 0.328. The second kappa shape index (κ2) is 9.70. The third kappa shape index (κ3) is 5.99. The number of hydrogen-bond acceptors (Lipinski definition) is 5. The lowest BCUT2D eigenvalue weighted by Crippen LogP contribution is -2.45. The average Bonchev–Trinajstić information content (AvgIpc) is 2.44. The Bertz CT molecular complexity index is 317. The second-order valence-electron chi connectivity index (χ2n) is 5.56. The molecule has 0 aromatic carbocycles. The lowest BCUT2D eigenvalue weighted by molar-refractivity contribution is -0.149. The third-order valence-electron chi connectivity index (χ3n) is 4.24. The highest BCUT2D eigenvalue weighted by Gasteiger charge is 2.41. The van der Waals surface area contributed by atoms with E-state index in [1.54, 1.807) is 6.92 Å². The first-order valence-corrected chi connectivity index (χ1v) is 7.11. The van der Waals surface area contributed by atoms with Crippen LogP contribution in [0, 0.1) is 17.3 Å². The summed E-state index contributed by atoms with van der Waals surface area (Å²) < 4.78 is 0. The Balaban J connectivity index is 4.60. The Hall–Kier alpha value is -1.18. The number of carboxylic acids is 2. The molecule has 0 spiro atoms. The van der Waals surface area contributed by atoms with Gasteiger partial charge in [-0.15, -0.1) is 0 Å². The van der Waals surface area contributed by atoms with E-state index in [-0.39, 0.29) is 6.42 Å². The van der Waals surface area contributed by atoms with Crippen molar-refractivity contribution in [3.63, 3.8) is 0 Å². The summed E-state index contributed by atoms with van der Waals surface area (Å²) in [7, 11) is 0. The van der Waals surface area contributed by atoms with Crippen molar-refractivity contribution in [3.05, 3.63) is 0 Å². The van der Waals surface area contributed by atoms with Crippen molar-refractivity contribution in [1.29, 1.82) is 0 Å². The number of aliphatic hydroxyl groups excluding tert-OH is 3. The van der Waals surface area contributed by atoms with Gasteiger partial charge in [-0.05, 0) is 18.8 Å². The van der Waals surface area contributed by atoms with E-state index in [0.29, 0.717) is 25.7 Å². The molecule has 0 saturated heterocycles. The summed E-state index contributed by atoms with van der Waals surface area (Å²) in [6.45, 7) is 0.108. The Morgan fingerprint density at radius 3 is 1.86 bits per heavy atom. The number of carboxylic acid groups (broad SMARTS) is 2. The Morgan fingerprint density at radius 2 is 1.48 bits per heavy atom. The number of carbonyl (C=O) groups is 2. The van der Waals surface area contributed by atoms with Crippen molar-refractivity contribution in [2.24, 2.45) is 17.3 Å². The molecule has 0 aliphatic carbocycles. The van der Waals surface area contributed by atoms with Gasteiger partial charge < -0.3 is 25.5 Å². The van der Waals surface area contributed by atoms with Gasteiger partial charge in [0.05, 0.1) is 25.7 Å². The van der Waals surface area contributed by atoms with E-state index in [4.69, 9.17) is 5.11 Å². The fourth-order valence-corrected chi connectivity index (χ4v) is 2.41. The SMILES string of the molecule is CC(C(CCCCCC(=O)O)C(=O)O)C(CO)(CO)CO. The molecule has 0 radical (unpaired) electrons. The zero-order chi connectivity index (χ0) is 16.5. The topological polar surface area (TPSA) is 135 Å². The zero-order valence-electron chi connectivity index (χ0n) is 12.4. The van der Waals surface area contributed by atoms with Gasteiger partial charge in [-0.25, -0.2) is 0 Å². The molecule has 5 N–H and O–H groups in total. The minimum Gasteiger partial charge on any atom is -0.481 e. The van der Waals surface area contributed by atoms with Crippen LogP contribution in [0.15, 0.2) is 0 Å². The van der Waals surface area contributed by atoms with Crippen molar-refractivity contribution in [2.75, 3.05) is 19.8 Å². The van der Waals surface area contributed by atoms with E-state index >= 15 is 0 Å². The number of rotatable bonds is 12. The highest BCUT2D eigenvalue weighted by Crippen LogP contribution is 2.35. The van der Waals surface area contributed by atoms with E-state index in [1.807, 2.05) is 0 Å². The summed E-state index contributed by atoms with van der Waals surface area (Å²) in [5.41, 5.74) is -1.23. The standard InChI is InChI=1S/C14H26O7/c1-10(14(7-15,8-16)9-17)11(13(20)21)5-3-2-4-6-12(18)19/h10-11,15-17H,2-9H2,1H3,(H,18,19)(H,20,21). The summed E-state index contributed by atoms with van der Waals surface area (Å²) in [5, 5.41) is 45.9. The van der Waals surface area contributed by atoms with E-state index in [9.17, 15) is 30.0 Å². The highest BCUT2D eigenvalue weighted by atomic mass is 16.4. The average molecular weight is 306 g/mol. The van der Waals surface area contributed by atoms with Gasteiger partial charge in [-0.1, -0.05) is 19.8 Å². The molecule has 0 rings (SSSR count). The van der Waals surface area contributed by atoms with Crippen LogP contribution in [0.1, 0.15) is 39.0 Å². The van der Waals surface area contributed by atoms with Crippen LogP contribution in [0.2, 0.25) is 0 Å². The van der Waals surface area contributed by atoms with Crippen molar-refractivity contribution in [1.82, 2.24) is 0 Å². The molecular formula is C14H26O7. The normalized spacial score (nSPS) is 14.7. The smallest absolute Gasteiger partial charge is 0.306 e. The molecule has 0 saturated carbocycles. The second-order valence-corrected chi connectivity index (χ2v) is 5.56. The molecule has 0 bridgehead atoms. The van der Waals surface area contributed by atoms with Gasteiger partial charge >= 0.3 is 11.9 Å². The first-order valence-electron chi connectivity index (χ1n) is 7.11. The molecule has 0 aromatic rings. The van der Waals surface area contributed by atoms with Crippen molar-refractivity contribution in [3.8, 4) is 0 Å². The molecule has 0 aliphatic heterocycles. The molecule has 124 valence electrons. The van der Waals surface area contributed by atoms with Gasteiger partial charge in [-0.3, -0.25) is 9.59 Å². The minimum absolute atomic E-state index is 0.0567. The predicted octanol–water partition coefficient (Wildman–Crippen LogP) is 0.322. The summed E-state index contributed by atoms with van der Waals surface area (Å²) in [6, 6.07) is 0. The number of hydrogen-bond donors (Lipinski definition) is 5. The lowest BCUT2D eigenvalue weighted by atomic mass is 9.70. The van der Waals surface area contributed by atoms with Crippen LogP contribution in [0.5, 0.6) is 0 Å². The van der Waals surface area contributed by atoms with Crippen LogP contribution >= 0.6 is 0 Å². The van der Waals surface area contributed by atoms with Gasteiger partial charge in [0.1, 0.15) is 0 Å². The first-order chi connectivity index (χ1) is 9.84. The fraction of sp³-hybridized carbons (Fsp3) is 0.857. The maximum absolute atomic E-state index is 11.4. The van der Waals surface area contributed by atoms with Crippen molar-refractivity contribution in [2.45, 2.75) is 39.0 Å². The van der Waals surface area contributed by atoms with E-state index in [2.05, 4.69) is 0 Å². The minimum atomic E-state index is -1.23. The van der Waals surface area contributed by atoms with Crippen LogP contribution < -0.4 is 0 Å². The molecule has 2 unspecified atom stereocenters. The third-order valence-corrected chi connectivity index (χ3v) is 4.24. The summed E-state index contributed by atoms with van der Waals surface area (Å²) in [5.74, 6) is -3.32. The van der Waals surface area contributed by atoms with Gasteiger partial charge in [0.25, 0.3) is 0 Å². The number of aliphatic carboxylic acids is 2. The van der Waals surface area contributed by atoms with Crippen LogP contribution in [0.25, 0.3) is 0 Å². The summed E-state index contributed by atoms with van der Waals surface area (Å²) >= 11 is 0. The van der Waals surface area contributed by atoms with Crippen LogP contribution in [0.4, 0.5) is 0 Å². The largest absolute Gasteiger partial charge is 0.481 e. The molecule has 0 fully saturated rings. The highest BCUT2D eigenvalue weighted by molar-refractivity contribution is 5.70. The first kappa shape index (κ1) is 19.8. The van der Waals surface area contributed by atoms with Crippen LogP contribution in [0.3, 0.4) is 0 Å². The Labute approximate surface area is 124 Å². The molecule has 0 heterocycles. The van der Waals surface area contributed by atoms with E-state index in [1.165, 1.54) is 0 Å². The fourth-order valence-electron chi connectivity index (χ4n) is 2.41. The Kier molecular flexibility index (Phi) is 9.16. The molecule has 0 aromatic heterocycles. The summed E-state index contributed by atoms with van der Waals surface area (Å²) in [4.78, 5) is 21.8. The monoisotopic (exact) mass is 306 g/mol. The maximum Gasteiger partial charge on any atom is 0.306 e. The zero-order valence-corrected chi connectivity index (χ0v) is 12.4. The lowest BCUT2D eigenvalue weighted by Gasteiger charge is -2.37. The van der Waals surface area contributed by atoms with Gasteiger partial charge in [0.2, 0.25) is 0 Å². The molecule has 2 atom stereocenters. The Morgan fingerprint density at radius 1 is 0.952 bits per heavy atom. The van der Waals surface area contributed by atoms with Crippen LogP contribution in [-0.2, 0) is 9.59 Å². The number of unbranched alkanes of at least 4 members (excludes halogenated alkanes) is 2. The molecule has 0 amide bonds. The molecular weight excluding hydrogens is 280 g/mol. The molecule has 0 aliphatic rings. The maximum atomic E-state index is 11.4. The predicted molar refractivity (Wildman–Crippen MR) is 74.7 cm³/mol. The molecule has 21 heavy (non-hydrogen) atoms. The number of aliphatic hydroxyl groups is 3. The molecule has 7 nitrogen and oxygen atoms in total. The van der Waals surface area contributed by atoms with Crippen molar-refractivity contribution < 1.29 is 35.1 Å². The molecule has 7 heteroatoms. The van der Waals surface area contributed by atoms with Gasteiger partial charge in [-0.2, -0.15) is 0 Å².